The van der Waals surface area contributed by atoms with Gasteiger partial charge < -0.3 is 10.0 Å². The number of hydrogen-bond acceptors (Lipinski definition) is 2. The van der Waals surface area contributed by atoms with Crippen molar-refractivity contribution in [1.82, 2.24) is 4.90 Å². The Labute approximate surface area is 150 Å². The molecule has 4 nitrogen and oxygen atoms in total. The minimum absolute atomic E-state index is 0.00700. The molecule has 0 aromatic heterocycles. The summed E-state index contributed by atoms with van der Waals surface area (Å²) in [6.07, 6.45) is -1.38. The zero-order valence-electron chi connectivity index (χ0n) is 14.3. The van der Waals surface area contributed by atoms with Crippen LogP contribution in [0, 0.1) is 11.8 Å². The molecule has 2 aliphatic rings. The molecule has 1 aromatic carbocycles. The summed E-state index contributed by atoms with van der Waals surface area (Å²) in [4.78, 5) is 25.2. The summed E-state index contributed by atoms with van der Waals surface area (Å²) in [5.41, 5.74) is -0.114. The van der Waals surface area contributed by atoms with Crippen LogP contribution < -0.4 is 0 Å². The normalized spacial score (nSPS) is 25.8. The summed E-state index contributed by atoms with van der Waals surface area (Å²) in [6.45, 7) is 1.20. The topological polar surface area (TPSA) is 57.6 Å². The largest absolute Gasteiger partial charge is 0.481 e. The maximum Gasteiger partial charge on any atom is 0.416 e. The number of piperidine rings is 1. The highest BCUT2D eigenvalue weighted by Gasteiger charge is 2.46. The highest BCUT2D eigenvalue weighted by atomic mass is 19.4. The summed E-state index contributed by atoms with van der Waals surface area (Å²) in [6, 6.07) is 5.23. The van der Waals surface area contributed by atoms with Gasteiger partial charge in [-0.3, -0.25) is 9.59 Å². The van der Waals surface area contributed by atoms with Crippen molar-refractivity contribution in [3.63, 3.8) is 0 Å². The molecule has 1 aromatic rings. The third-order valence-electron chi connectivity index (χ3n) is 5.35. The lowest BCUT2D eigenvalue weighted by Crippen LogP contribution is -2.41. The van der Waals surface area contributed by atoms with E-state index in [-0.39, 0.29) is 30.1 Å². The first-order valence-electron chi connectivity index (χ1n) is 8.93. The van der Waals surface area contributed by atoms with Crippen LogP contribution in [0.5, 0.6) is 0 Å². The van der Waals surface area contributed by atoms with Crippen LogP contribution in [0.25, 0.3) is 0 Å². The quantitative estimate of drug-likeness (QED) is 0.856. The van der Waals surface area contributed by atoms with E-state index in [1.807, 2.05) is 0 Å². The summed E-state index contributed by atoms with van der Waals surface area (Å²) in [5, 5.41) is 8.80. The number of hydrogen-bond donors (Lipinski definition) is 1. The number of rotatable bonds is 5. The molecule has 0 bridgehead atoms. The Morgan fingerprint density at radius 1 is 1.27 bits per heavy atom. The van der Waals surface area contributed by atoms with E-state index in [2.05, 4.69) is 0 Å². The summed E-state index contributed by atoms with van der Waals surface area (Å²) < 4.78 is 38.6. The predicted octanol–water partition coefficient (Wildman–Crippen LogP) is 3.91. The number of carbonyl (C=O) groups is 2. The average molecular weight is 369 g/mol. The van der Waals surface area contributed by atoms with Crippen molar-refractivity contribution in [2.75, 3.05) is 13.1 Å². The Balaban J connectivity index is 1.59. The molecule has 0 radical (unpaired) electrons. The van der Waals surface area contributed by atoms with Crippen LogP contribution in [0.4, 0.5) is 13.2 Å². The zero-order chi connectivity index (χ0) is 18.9. The third-order valence-corrected chi connectivity index (χ3v) is 5.35. The Morgan fingerprint density at radius 3 is 2.73 bits per heavy atom. The number of nitrogens with zero attached hydrogens (tertiary/aromatic N) is 1. The van der Waals surface area contributed by atoms with E-state index in [0.29, 0.717) is 31.5 Å². The van der Waals surface area contributed by atoms with Crippen LogP contribution in [-0.2, 0) is 15.8 Å². The first-order chi connectivity index (χ1) is 12.3. The SMILES string of the molecule is O=C(O)CC[C@@H]1CCCN(C(=O)[C@@H]2C[C@H]2c2cccc(C(F)(F)F)c2)C1. The lowest BCUT2D eigenvalue weighted by molar-refractivity contribution is -0.138. The molecule has 3 atom stereocenters. The van der Waals surface area contributed by atoms with Crippen molar-refractivity contribution in [1.29, 1.82) is 0 Å². The van der Waals surface area contributed by atoms with Gasteiger partial charge in [-0.2, -0.15) is 13.2 Å². The van der Waals surface area contributed by atoms with E-state index < -0.39 is 17.7 Å². The van der Waals surface area contributed by atoms with Gasteiger partial charge in [0.15, 0.2) is 0 Å². The van der Waals surface area contributed by atoms with Gasteiger partial charge in [-0.15, -0.1) is 0 Å². The molecule has 1 N–H and O–H groups in total. The maximum absolute atomic E-state index is 12.9. The van der Waals surface area contributed by atoms with Gasteiger partial charge in [0.2, 0.25) is 5.91 Å². The van der Waals surface area contributed by atoms with Gasteiger partial charge in [0, 0.05) is 25.4 Å². The van der Waals surface area contributed by atoms with Gasteiger partial charge in [0.1, 0.15) is 0 Å². The number of halogens is 3. The Kier molecular flexibility index (Phi) is 5.25. The monoisotopic (exact) mass is 369 g/mol. The lowest BCUT2D eigenvalue weighted by atomic mass is 9.93. The summed E-state index contributed by atoms with van der Waals surface area (Å²) in [5.74, 6) is -1.05. The van der Waals surface area contributed by atoms with Gasteiger partial charge >= 0.3 is 12.1 Å². The third kappa shape index (κ3) is 4.37. The second-order valence-electron chi connectivity index (χ2n) is 7.30. The molecule has 26 heavy (non-hydrogen) atoms. The van der Waals surface area contributed by atoms with Gasteiger partial charge in [0.25, 0.3) is 0 Å². The fourth-order valence-corrected chi connectivity index (χ4v) is 3.84. The fraction of sp³-hybridized carbons (Fsp3) is 0.579. The molecule has 0 unspecified atom stereocenters. The van der Waals surface area contributed by atoms with Gasteiger partial charge in [-0.1, -0.05) is 18.2 Å². The molecule has 7 heteroatoms. The first-order valence-corrected chi connectivity index (χ1v) is 8.93. The molecule has 0 spiro atoms. The fourth-order valence-electron chi connectivity index (χ4n) is 3.84. The van der Waals surface area contributed by atoms with Gasteiger partial charge in [0.05, 0.1) is 5.56 Å². The predicted molar refractivity (Wildman–Crippen MR) is 88.5 cm³/mol. The molecule has 2 fully saturated rings. The second kappa shape index (κ2) is 7.29. The van der Waals surface area contributed by atoms with E-state index >= 15 is 0 Å². The van der Waals surface area contributed by atoms with Crippen molar-refractivity contribution >= 4 is 11.9 Å². The Morgan fingerprint density at radius 2 is 2.04 bits per heavy atom. The molecule has 142 valence electrons. The molecule has 3 rings (SSSR count). The molecule has 1 heterocycles. The van der Waals surface area contributed by atoms with E-state index in [1.54, 1.807) is 11.0 Å². The molecule has 1 aliphatic heterocycles. The van der Waals surface area contributed by atoms with Crippen LogP contribution in [0.2, 0.25) is 0 Å². The first kappa shape index (κ1) is 18.7. The minimum Gasteiger partial charge on any atom is -0.481 e. The van der Waals surface area contributed by atoms with Crippen molar-refractivity contribution in [2.45, 2.75) is 44.2 Å². The highest BCUT2D eigenvalue weighted by molar-refractivity contribution is 5.83. The van der Waals surface area contributed by atoms with Gasteiger partial charge in [-0.25, -0.2) is 0 Å². The van der Waals surface area contributed by atoms with Crippen LogP contribution >= 0.6 is 0 Å². The molecular formula is C19H22F3NO3. The number of carboxylic acid groups (broad SMARTS) is 1. The van der Waals surface area contributed by atoms with Crippen LogP contribution in [0.15, 0.2) is 24.3 Å². The van der Waals surface area contributed by atoms with Crippen molar-refractivity contribution < 1.29 is 27.9 Å². The minimum atomic E-state index is -4.38. The summed E-state index contributed by atoms with van der Waals surface area (Å²) >= 11 is 0. The van der Waals surface area contributed by atoms with E-state index in [1.165, 1.54) is 6.07 Å². The van der Waals surface area contributed by atoms with Crippen LogP contribution in [-0.4, -0.2) is 35.0 Å². The van der Waals surface area contributed by atoms with Gasteiger partial charge in [-0.05, 0) is 49.1 Å². The second-order valence-corrected chi connectivity index (χ2v) is 7.30. The van der Waals surface area contributed by atoms with E-state index in [4.69, 9.17) is 5.11 Å². The highest BCUT2D eigenvalue weighted by Crippen LogP contribution is 2.49. The molecule has 1 saturated carbocycles. The number of amides is 1. The van der Waals surface area contributed by atoms with E-state index in [9.17, 15) is 22.8 Å². The average Bonchev–Trinajstić information content (AvgIpc) is 3.40. The number of alkyl halides is 3. The standard InChI is InChI=1S/C19H22F3NO3/c20-19(21,22)14-5-1-4-13(9-14)15-10-16(15)18(26)23-8-2-3-12(11-23)6-7-17(24)25/h1,4-5,9,12,15-16H,2-3,6-8,10-11H2,(H,24,25)/t12-,15-,16+/m0/s1. The number of aliphatic carboxylic acids is 1. The Hall–Kier alpha value is -2.05. The van der Waals surface area contributed by atoms with Crippen molar-refractivity contribution in [3.8, 4) is 0 Å². The van der Waals surface area contributed by atoms with E-state index in [0.717, 1.165) is 25.0 Å². The number of likely N-dealkylation sites (tertiary alicyclic amines) is 1. The Bertz CT molecular complexity index is 689. The molecule has 1 amide bonds. The molecule has 1 aliphatic carbocycles. The smallest absolute Gasteiger partial charge is 0.416 e. The molecule has 1 saturated heterocycles. The zero-order valence-corrected chi connectivity index (χ0v) is 14.3. The lowest BCUT2D eigenvalue weighted by Gasteiger charge is -2.33. The van der Waals surface area contributed by atoms with Crippen LogP contribution in [0.3, 0.4) is 0 Å². The van der Waals surface area contributed by atoms with Crippen molar-refractivity contribution in [2.24, 2.45) is 11.8 Å². The number of benzene rings is 1. The molecular weight excluding hydrogens is 347 g/mol. The number of carboxylic acids is 1. The maximum atomic E-state index is 12.9. The van der Waals surface area contributed by atoms with Crippen molar-refractivity contribution in [3.05, 3.63) is 35.4 Å². The number of carbonyl (C=O) groups excluding carboxylic acids is 1. The summed E-state index contributed by atoms with van der Waals surface area (Å²) in [7, 11) is 0. The van der Waals surface area contributed by atoms with Crippen LogP contribution in [0.1, 0.15) is 49.1 Å².